The molecule has 0 saturated heterocycles. The fraction of sp³-hybridized carbons (Fsp3) is 0.625. The second-order valence-electron chi connectivity index (χ2n) is 5.84. The summed E-state index contributed by atoms with van der Waals surface area (Å²) in [7, 11) is -4.40. The van der Waals surface area contributed by atoms with Crippen LogP contribution in [0.1, 0.15) is 58.9 Å². The Bertz CT molecular complexity index is 616. The maximum Gasteiger partial charge on any atom is 0.275 e. The van der Waals surface area contributed by atoms with Crippen LogP contribution in [0.5, 0.6) is 0 Å². The molecule has 0 aliphatic rings. The lowest BCUT2D eigenvalue weighted by Gasteiger charge is -2.48. The van der Waals surface area contributed by atoms with E-state index >= 15 is 0 Å². The molecule has 22 heavy (non-hydrogen) atoms. The first-order chi connectivity index (χ1) is 10.2. The number of benzene rings is 1. The summed E-state index contributed by atoms with van der Waals surface area (Å²) in [5.41, 5.74) is 12.5. The fourth-order valence-electron chi connectivity index (χ4n) is 3.98. The van der Waals surface area contributed by atoms with Crippen molar-refractivity contribution in [1.29, 1.82) is 0 Å². The van der Waals surface area contributed by atoms with Gasteiger partial charge < -0.3 is 11.5 Å². The quantitative estimate of drug-likeness (QED) is 0.524. The minimum absolute atomic E-state index is 0.231. The predicted molar refractivity (Wildman–Crippen MR) is 92.1 cm³/mol. The number of rotatable bonds is 7. The SMILES string of the molecule is CCC(CC)(CC)C(CC)(c1cc(N)ccc1N)S(=O)(=O)O. The number of hydrogen-bond acceptors (Lipinski definition) is 4. The Kier molecular flexibility index (Phi) is 5.51. The molecule has 0 aliphatic carbocycles. The van der Waals surface area contributed by atoms with Gasteiger partial charge in [0.1, 0.15) is 4.75 Å². The van der Waals surface area contributed by atoms with E-state index < -0.39 is 20.3 Å². The van der Waals surface area contributed by atoms with E-state index in [4.69, 9.17) is 11.5 Å². The highest BCUT2D eigenvalue weighted by molar-refractivity contribution is 7.86. The molecule has 126 valence electrons. The van der Waals surface area contributed by atoms with Gasteiger partial charge in [0, 0.05) is 16.9 Å². The molecule has 5 nitrogen and oxygen atoms in total. The van der Waals surface area contributed by atoms with Crippen LogP contribution in [0, 0.1) is 5.41 Å². The van der Waals surface area contributed by atoms with Gasteiger partial charge in [0.25, 0.3) is 10.1 Å². The Morgan fingerprint density at radius 1 is 1.00 bits per heavy atom. The van der Waals surface area contributed by atoms with Crippen molar-refractivity contribution < 1.29 is 13.0 Å². The fourth-order valence-corrected chi connectivity index (χ4v) is 5.78. The Labute approximate surface area is 133 Å². The normalized spacial score (nSPS) is 15.5. The molecule has 0 amide bonds. The summed E-state index contributed by atoms with van der Waals surface area (Å²) in [5, 5.41) is 0. The molecule has 1 aromatic carbocycles. The number of nitrogen functional groups attached to an aromatic ring is 2. The first-order valence-corrected chi connectivity index (χ1v) is 9.22. The molecule has 0 radical (unpaired) electrons. The van der Waals surface area contributed by atoms with E-state index in [1.54, 1.807) is 25.1 Å². The maximum absolute atomic E-state index is 12.5. The van der Waals surface area contributed by atoms with Gasteiger partial charge >= 0.3 is 0 Å². The van der Waals surface area contributed by atoms with E-state index in [9.17, 15) is 13.0 Å². The third-order valence-corrected chi connectivity index (χ3v) is 7.16. The van der Waals surface area contributed by atoms with E-state index in [1.165, 1.54) is 0 Å². The highest BCUT2D eigenvalue weighted by Gasteiger charge is 2.57. The van der Waals surface area contributed by atoms with Crippen molar-refractivity contribution in [3.05, 3.63) is 23.8 Å². The molecular weight excluding hydrogens is 300 g/mol. The van der Waals surface area contributed by atoms with E-state index in [0.717, 1.165) is 0 Å². The van der Waals surface area contributed by atoms with Crippen LogP contribution in [-0.2, 0) is 14.9 Å². The molecule has 0 saturated carbocycles. The van der Waals surface area contributed by atoms with Crippen molar-refractivity contribution >= 4 is 21.5 Å². The molecule has 0 aromatic heterocycles. The molecule has 5 N–H and O–H groups in total. The Morgan fingerprint density at radius 2 is 1.50 bits per heavy atom. The lowest BCUT2D eigenvalue weighted by Crippen LogP contribution is -2.50. The predicted octanol–water partition coefficient (Wildman–Crippen LogP) is 3.56. The van der Waals surface area contributed by atoms with Gasteiger partial charge in [0.2, 0.25) is 0 Å². The molecule has 6 heteroatoms. The summed E-state index contributed by atoms with van der Waals surface area (Å²) in [6, 6.07) is 4.82. The second-order valence-corrected chi connectivity index (χ2v) is 7.49. The molecule has 1 aromatic rings. The monoisotopic (exact) mass is 328 g/mol. The number of nitrogens with two attached hydrogens (primary N) is 2. The molecule has 0 fully saturated rings. The lowest BCUT2D eigenvalue weighted by molar-refractivity contribution is 0.142. The molecule has 0 aliphatic heterocycles. The van der Waals surface area contributed by atoms with Crippen LogP contribution in [0.3, 0.4) is 0 Å². The first kappa shape index (κ1) is 18.8. The maximum atomic E-state index is 12.5. The van der Waals surface area contributed by atoms with Gasteiger partial charge in [0.15, 0.2) is 0 Å². The average molecular weight is 328 g/mol. The average Bonchev–Trinajstić information content (AvgIpc) is 2.46. The van der Waals surface area contributed by atoms with Crippen molar-refractivity contribution in [2.45, 2.75) is 58.1 Å². The van der Waals surface area contributed by atoms with Gasteiger partial charge in [-0.15, -0.1) is 0 Å². The summed E-state index contributed by atoms with van der Waals surface area (Å²) < 4.78 is 33.8. The van der Waals surface area contributed by atoms with Crippen LogP contribution in [0.25, 0.3) is 0 Å². The summed E-state index contributed by atoms with van der Waals surface area (Å²) in [6.07, 6.45) is 2.07. The molecule has 1 atom stereocenters. The van der Waals surface area contributed by atoms with Crippen LogP contribution in [0.2, 0.25) is 0 Å². The van der Waals surface area contributed by atoms with Gasteiger partial charge in [-0.05, 0) is 49.3 Å². The Balaban J connectivity index is 3.94. The van der Waals surface area contributed by atoms with Crippen molar-refractivity contribution in [2.75, 3.05) is 11.5 Å². The molecular formula is C16H28N2O3S. The van der Waals surface area contributed by atoms with Crippen LogP contribution in [0.4, 0.5) is 11.4 Å². The van der Waals surface area contributed by atoms with Crippen molar-refractivity contribution in [3.8, 4) is 0 Å². The number of anilines is 2. The highest BCUT2D eigenvalue weighted by atomic mass is 32.2. The number of hydrogen-bond donors (Lipinski definition) is 3. The Morgan fingerprint density at radius 3 is 1.86 bits per heavy atom. The molecule has 0 heterocycles. The summed E-state index contributed by atoms with van der Waals surface area (Å²) in [6.45, 7) is 7.62. The summed E-state index contributed by atoms with van der Waals surface area (Å²) >= 11 is 0. The van der Waals surface area contributed by atoms with E-state index in [2.05, 4.69) is 0 Å². The standard InChI is InChI=1S/C16H28N2O3S/c1-5-15(6-2,7-3)16(8-4,22(19,20)21)13-11-12(17)9-10-14(13)18/h9-11H,5-8,17-18H2,1-4H3,(H,19,20,21). The smallest absolute Gasteiger partial charge is 0.275 e. The molecule has 1 rings (SSSR count). The highest BCUT2D eigenvalue weighted by Crippen LogP contribution is 2.56. The Hall–Kier alpha value is -1.27. The zero-order valence-electron chi connectivity index (χ0n) is 13.9. The first-order valence-electron chi connectivity index (χ1n) is 7.78. The van der Waals surface area contributed by atoms with E-state index in [0.29, 0.717) is 36.2 Å². The van der Waals surface area contributed by atoms with Crippen LogP contribution < -0.4 is 11.5 Å². The molecule has 0 bridgehead atoms. The minimum Gasteiger partial charge on any atom is -0.399 e. The van der Waals surface area contributed by atoms with Crippen LogP contribution in [0.15, 0.2) is 18.2 Å². The van der Waals surface area contributed by atoms with Crippen molar-refractivity contribution in [2.24, 2.45) is 5.41 Å². The second kappa shape index (κ2) is 6.46. The van der Waals surface area contributed by atoms with Crippen LogP contribution in [-0.4, -0.2) is 13.0 Å². The zero-order chi connectivity index (χ0) is 17.2. The third kappa shape index (κ3) is 2.58. The third-order valence-electron chi connectivity index (χ3n) is 5.34. The molecule has 0 spiro atoms. The van der Waals surface area contributed by atoms with E-state index in [-0.39, 0.29) is 6.42 Å². The lowest BCUT2D eigenvalue weighted by atomic mass is 9.64. The topological polar surface area (TPSA) is 106 Å². The van der Waals surface area contributed by atoms with Gasteiger partial charge in [-0.2, -0.15) is 8.42 Å². The van der Waals surface area contributed by atoms with Gasteiger partial charge in [-0.1, -0.05) is 27.7 Å². The van der Waals surface area contributed by atoms with E-state index in [1.807, 2.05) is 20.8 Å². The summed E-state index contributed by atoms with van der Waals surface area (Å²) in [5.74, 6) is 0. The van der Waals surface area contributed by atoms with Crippen molar-refractivity contribution in [1.82, 2.24) is 0 Å². The molecule has 1 unspecified atom stereocenters. The van der Waals surface area contributed by atoms with Crippen molar-refractivity contribution in [3.63, 3.8) is 0 Å². The summed E-state index contributed by atoms with van der Waals surface area (Å²) in [4.78, 5) is 0. The zero-order valence-corrected chi connectivity index (χ0v) is 14.7. The van der Waals surface area contributed by atoms with Gasteiger partial charge in [-0.25, -0.2) is 0 Å². The van der Waals surface area contributed by atoms with Gasteiger partial charge in [-0.3, -0.25) is 4.55 Å². The van der Waals surface area contributed by atoms with Crippen LogP contribution >= 0.6 is 0 Å². The van der Waals surface area contributed by atoms with Gasteiger partial charge in [0.05, 0.1) is 0 Å². The largest absolute Gasteiger partial charge is 0.399 e. The minimum atomic E-state index is -4.40.